The number of carbonyl (C=O) groups is 1. The van der Waals surface area contributed by atoms with Crippen molar-refractivity contribution in [3.05, 3.63) is 46.2 Å². The van der Waals surface area contributed by atoms with E-state index >= 15 is 0 Å². The van der Waals surface area contributed by atoms with Gasteiger partial charge in [0.15, 0.2) is 4.80 Å². The second-order valence-electron chi connectivity index (χ2n) is 3.26. The first kappa shape index (κ1) is 10.6. The van der Waals surface area contributed by atoms with Crippen LogP contribution in [0.1, 0.15) is 10.4 Å². The van der Waals surface area contributed by atoms with Crippen LogP contribution in [0.2, 0.25) is 0 Å². The zero-order valence-corrected chi connectivity index (χ0v) is 9.44. The fourth-order valence-electron chi connectivity index (χ4n) is 1.25. The summed E-state index contributed by atoms with van der Waals surface area (Å²) in [4.78, 5) is 16.0. The van der Waals surface area contributed by atoms with Crippen molar-refractivity contribution < 1.29 is 9.90 Å². The highest BCUT2D eigenvalue weighted by Gasteiger charge is 2.02. The number of benzene rings is 1. The van der Waals surface area contributed by atoms with Crippen molar-refractivity contribution in [2.45, 2.75) is 0 Å². The van der Waals surface area contributed by atoms with Crippen molar-refractivity contribution in [3.8, 4) is 0 Å². The second-order valence-corrected chi connectivity index (χ2v) is 4.14. The number of nitrogens with zero attached hydrogens (tertiary/aromatic N) is 2. The Balaban J connectivity index is 2.47. The van der Waals surface area contributed by atoms with E-state index in [4.69, 9.17) is 5.11 Å². The lowest BCUT2D eigenvalue weighted by atomic mass is 10.2. The molecule has 0 spiro atoms. The van der Waals surface area contributed by atoms with Crippen molar-refractivity contribution in [2.75, 3.05) is 0 Å². The summed E-state index contributed by atoms with van der Waals surface area (Å²) < 4.78 is 1.89. The highest BCUT2D eigenvalue weighted by molar-refractivity contribution is 7.07. The summed E-state index contributed by atoms with van der Waals surface area (Å²) in [6.45, 7) is 0. The van der Waals surface area contributed by atoms with Crippen LogP contribution in [0.5, 0.6) is 0 Å². The summed E-state index contributed by atoms with van der Waals surface area (Å²) >= 11 is 1.51. The minimum absolute atomic E-state index is 0.250. The topological polar surface area (TPSA) is 54.6 Å². The molecule has 82 valence electrons. The van der Waals surface area contributed by atoms with Gasteiger partial charge in [-0.25, -0.2) is 9.79 Å². The van der Waals surface area contributed by atoms with Gasteiger partial charge in [0, 0.05) is 18.6 Å². The van der Waals surface area contributed by atoms with E-state index in [0.29, 0.717) is 5.69 Å². The Hall–Kier alpha value is -1.88. The number of hydrogen-bond acceptors (Lipinski definition) is 3. The van der Waals surface area contributed by atoms with Crippen molar-refractivity contribution in [1.29, 1.82) is 0 Å². The molecule has 0 saturated carbocycles. The average molecular weight is 234 g/mol. The van der Waals surface area contributed by atoms with Gasteiger partial charge in [0.1, 0.15) is 0 Å². The number of aryl methyl sites for hydroxylation is 1. The van der Waals surface area contributed by atoms with Crippen molar-refractivity contribution >= 4 is 23.0 Å². The van der Waals surface area contributed by atoms with Gasteiger partial charge in [0.05, 0.1) is 11.3 Å². The summed E-state index contributed by atoms with van der Waals surface area (Å²) in [6, 6.07) is 6.58. The minimum Gasteiger partial charge on any atom is -0.478 e. The molecule has 1 N–H and O–H groups in total. The van der Waals surface area contributed by atoms with Crippen LogP contribution in [-0.4, -0.2) is 15.6 Å². The average Bonchev–Trinajstić information content (AvgIpc) is 2.65. The van der Waals surface area contributed by atoms with Crippen LogP contribution >= 0.6 is 11.3 Å². The van der Waals surface area contributed by atoms with Gasteiger partial charge >= 0.3 is 5.97 Å². The Morgan fingerprint density at radius 2 is 2.31 bits per heavy atom. The van der Waals surface area contributed by atoms with E-state index in [-0.39, 0.29) is 5.56 Å². The maximum Gasteiger partial charge on any atom is 0.335 e. The molecule has 0 amide bonds. The monoisotopic (exact) mass is 234 g/mol. The number of rotatable bonds is 2. The van der Waals surface area contributed by atoms with E-state index in [1.807, 2.05) is 23.2 Å². The molecule has 0 saturated heterocycles. The van der Waals surface area contributed by atoms with Gasteiger partial charge in [-0.1, -0.05) is 6.07 Å². The quantitative estimate of drug-likeness (QED) is 0.864. The normalized spacial score (nSPS) is 11.7. The van der Waals surface area contributed by atoms with Gasteiger partial charge in [-0.3, -0.25) is 0 Å². The molecule has 2 rings (SSSR count). The minimum atomic E-state index is -0.937. The lowest BCUT2D eigenvalue weighted by Crippen LogP contribution is -2.08. The molecule has 0 radical (unpaired) electrons. The summed E-state index contributed by atoms with van der Waals surface area (Å²) in [6.07, 6.45) is 1.91. The molecule has 1 aromatic heterocycles. The maximum atomic E-state index is 10.8. The lowest BCUT2D eigenvalue weighted by Gasteiger charge is -1.96. The van der Waals surface area contributed by atoms with Crippen LogP contribution in [0.3, 0.4) is 0 Å². The van der Waals surface area contributed by atoms with E-state index in [0.717, 1.165) is 4.80 Å². The molecule has 0 unspecified atom stereocenters. The lowest BCUT2D eigenvalue weighted by molar-refractivity contribution is 0.0697. The number of aromatic carboxylic acids is 1. The number of aromatic nitrogens is 1. The van der Waals surface area contributed by atoms with E-state index in [2.05, 4.69) is 4.99 Å². The fourth-order valence-corrected chi connectivity index (χ4v) is 2.00. The summed E-state index contributed by atoms with van der Waals surface area (Å²) in [5.74, 6) is -0.937. The molecule has 5 heteroatoms. The second kappa shape index (κ2) is 4.32. The zero-order chi connectivity index (χ0) is 11.5. The largest absolute Gasteiger partial charge is 0.478 e. The third-order valence-corrected chi connectivity index (χ3v) is 2.93. The van der Waals surface area contributed by atoms with Gasteiger partial charge in [-0.2, -0.15) is 0 Å². The predicted molar refractivity (Wildman–Crippen MR) is 61.9 cm³/mol. The van der Waals surface area contributed by atoms with E-state index in [1.165, 1.54) is 11.3 Å². The third-order valence-electron chi connectivity index (χ3n) is 2.08. The molecule has 0 fully saturated rings. The van der Waals surface area contributed by atoms with Gasteiger partial charge in [-0.05, 0) is 18.2 Å². The molecule has 4 nitrogen and oxygen atoms in total. The Kier molecular flexibility index (Phi) is 2.87. The molecule has 2 aromatic rings. The molecule has 0 aliphatic carbocycles. The first-order valence-corrected chi connectivity index (χ1v) is 5.53. The molecule has 0 atom stereocenters. The van der Waals surface area contributed by atoms with Crippen LogP contribution in [0.25, 0.3) is 0 Å². The number of carboxylic acid groups (broad SMARTS) is 1. The zero-order valence-electron chi connectivity index (χ0n) is 8.62. The van der Waals surface area contributed by atoms with Crippen LogP contribution in [0.15, 0.2) is 40.8 Å². The Labute approximate surface area is 96.1 Å². The van der Waals surface area contributed by atoms with Crippen LogP contribution in [0, 0.1) is 0 Å². The van der Waals surface area contributed by atoms with E-state index in [9.17, 15) is 4.79 Å². The highest BCUT2D eigenvalue weighted by atomic mass is 32.1. The van der Waals surface area contributed by atoms with Gasteiger partial charge in [0.25, 0.3) is 0 Å². The smallest absolute Gasteiger partial charge is 0.335 e. The summed E-state index contributed by atoms with van der Waals surface area (Å²) in [5.41, 5.74) is 0.901. The Morgan fingerprint density at radius 1 is 1.50 bits per heavy atom. The molecular weight excluding hydrogens is 224 g/mol. The van der Waals surface area contributed by atoms with Crippen molar-refractivity contribution in [3.63, 3.8) is 0 Å². The Bertz CT molecular complexity index is 583. The highest BCUT2D eigenvalue weighted by Crippen LogP contribution is 2.13. The van der Waals surface area contributed by atoms with Crippen LogP contribution in [-0.2, 0) is 7.05 Å². The predicted octanol–water partition coefficient (Wildman–Crippen LogP) is 2.02. The van der Waals surface area contributed by atoms with Crippen molar-refractivity contribution in [2.24, 2.45) is 12.0 Å². The standard InChI is InChI=1S/C11H10N2O2S/c1-13-5-6-16-11(13)12-9-4-2-3-8(7-9)10(14)15/h2-7H,1H3,(H,14,15). The fraction of sp³-hybridized carbons (Fsp3) is 0.0909. The van der Waals surface area contributed by atoms with Gasteiger partial charge in [-0.15, -0.1) is 11.3 Å². The number of thiazole rings is 1. The maximum absolute atomic E-state index is 10.8. The van der Waals surface area contributed by atoms with Gasteiger partial charge in [0.2, 0.25) is 0 Å². The SMILES string of the molecule is Cn1ccsc1=Nc1cccc(C(=O)O)c1. The third kappa shape index (κ3) is 2.20. The first-order valence-electron chi connectivity index (χ1n) is 4.65. The first-order chi connectivity index (χ1) is 7.66. The molecule has 1 heterocycles. The van der Waals surface area contributed by atoms with E-state index < -0.39 is 5.97 Å². The molecule has 0 aliphatic heterocycles. The molecule has 0 bridgehead atoms. The number of hydrogen-bond donors (Lipinski definition) is 1. The Morgan fingerprint density at radius 3 is 2.94 bits per heavy atom. The van der Waals surface area contributed by atoms with Gasteiger partial charge < -0.3 is 9.67 Å². The summed E-state index contributed by atoms with van der Waals surface area (Å²) in [5, 5.41) is 10.8. The summed E-state index contributed by atoms with van der Waals surface area (Å²) in [7, 11) is 1.90. The van der Waals surface area contributed by atoms with Crippen LogP contribution < -0.4 is 4.80 Å². The molecule has 1 aromatic carbocycles. The molecule has 16 heavy (non-hydrogen) atoms. The molecule has 0 aliphatic rings. The molecular formula is C11H10N2O2S. The van der Waals surface area contributed by atoms with Crippen LogP contribution in [0.4, 0.5) is 5.69 Å². The van der Waals surface area contributed by atoms with E-state index in [1.54, 1.807) is 24.3 Å². The number of carboxylic acids is 1. The van der Waals surface area contributed by atoms with Crippen molar-refractivity contribution in [1.82, 2.24) is 4.57 Å².